The van der Waals surface area contributed by atoms with Crippen LogP contribution in [0.1, 0.15) is 13.3 Å². The van der Waals surface area contributed by atoms with Crippen molar-refractivity contribution in [2.24, 2.45) is 0 Å². The van der Waals surface area contributed by atoms with E-state index in [0.29, 0.717) is 10.9 Å². The highest BCUT2D eigenvalue weighted by Gasteiger charge is 2.09. The SMILES string of the molecule is CCCSc1nnc(NC(=O)COc2ccc3ccccc3c2)s1. The summed E-state index contributed by atoms with van der Waals surface area (Å²) in [7, 11) is 0. The van der Waals surface area contributed by atoms with Crippen molar-refractivity contribution >= 4 is 44.9 Å². The Morgan fingerprint density at radius 1 is 1.21 bits per heavy atom. The van der Waals surface area contributed by atoms with E-state index < -0.39 is 0 Å². The summed E-state index contributed by atoms with van der Waals surface area (Å²) in [5.74, 6) is 1.42. The van der Waals surface area contributed by atoms with Crippen LogP contribution in [0, 0.1) is 0 Å². The number of carbonyl (C=O) groups is 1. The first-order chi connectivity index (χ1) is 11.7. The number of benzene rings is 2. The Balaban J connectivity index is 1.53. The van der Waals surface area contributed by atoms with Crippen LogP contribution < -0.4 is 10.1 Å². The molecule has 0 radical (unpaired) electrons. The molecule has 2 aromatic carbocycles. The van der Waals surface area contributed by atoms with Crippen LogP contribution >= 0.6 is 23.1 Å². The maximum absolute atomic E-state index is 12.0. The summed E-state index contributed by atoms with van der Waals surface area (Å²) >= 11 is 3.02. The Morgan fingerprint density at radius 3 is 2.88 bits per heavy atom. The topological polar surface area (TPSA) is 64.1 Å². The zero-order valence-electron chi connectivity index (χ0n) is 13.2. The minimum absolute atomic E-state index is 0.0602. The Kier molecular flexibility index (Phi) is 5.66. The number of nitrogens with zero attached hydrogens (tertiary/aromatic N) is 2. The number of hydrogen-bond acceptors (Lipinski definition) is 6. The van der Waals surface area contributed by atoms with E-state index in [2.05, 4.69) is 22.4 Å². The van der Waals surface area contributed by atoms with E-state index in [1.165, 1.54) is 11.3 Å². The normalized spacial score (nSPS) is 10.7. The van der Waals surface area contributed by atoms with Gasteiger partial charge in [0.2, 0.25) is 5.13 Å². The summed E-state index contributed by atoms with van der Waals surface area (Å²) in [4.78, 5) is 12.0. The molecule has 0 saturated carbocycles. The summed E-state index contributed by atoms with van der Waals surface area (Å²) in [6, 6.07) is 13.8. The van der Waals surface area contributed by atoms with E-state index in [1.807, 2.05) is 42.5 Å². The number of nitrogens with one attached hydrogen (secondary N) is 1. The molecular formula is C17H17N3O2S2. The number of ether oxygens (including phenoxy) is 1. The van der Waals surface area contributed by atoms with Crippen molar-refractivity contribution in [1.82, 2.24) is 10.2 Å². The zero-order valence-corrected chi connectivity index (χ0v) is 14.8. The van der Waals surface area contributed by atoms with Gasteiger partial charge < -0.3 is 4.74 Å². The van der Waals surface area contributed by atoms with Gasteiger partial charge in [-0.05, 0) is 29.3 Å². The van der Waals surface area contributed by atoms with Gasteiger partial charge in [-0.2, -0.15) is 0 Å². The van der Waals surface area contributed by atoms with E-state index in [-0.39, 0.29) is 12.5 Å². The molecule has 1 N–H and O–H groups in total. The highest BCUT2D eigenvalue weighted by Crippen LogP contribution is 2.26. The fraction of sp³-hybridized carbons (Fsp3) is 0.235. The lowest BCUT2D eigenvalue weighted by atomic mass is 10.1. The molecule has 1 heterocycles. The molecule has 1 aromatic heterocycles. The van der Waals surface area contributed by atoms with Crippen LogP contribution in [-0.2, 0) is 4.79 Å². The van der Waals surface area contributed by atoms with Crippen LogP contribution in [0.2, 0.25) is 0 Å². The van der Waals surface area contributed by atoms with Gasteiger partial charge in [0.05, 0.1) is 0 Å². The minimum atomic E-state index is -0.244. The molecule has 3 rings (SSSR count). The third-order valence-corrected chi connectivity index (χ3v) is 5.35. The summed E-state index contributed by atoms with van der Waals surface area (Å²) in [5, 5.41) is 13.4. The van der Waals surface area contributed by atoms with Crippen molar-refractivity contribution in [2.45, 2.75) is 17.7 Å². The molecule has 0 atom stereocenters. The largest absolute Gasteiger partial charge is 0.484 e. The molecule has 0 aliphatic rings. The fourth-order valence-corrected chi connectivity index (χ4v) is 3.76. The summed E-state index contributed by atoms with van der Waals surface area (Å²) in [6.45, 7) is 2.05. The van der Waals surface area contributed by atoms with Crippen molar-refractivity contribution in [1.29, 1.82) is 0 Å². The van der Waals surface area contributed by atoms with Crippen molar-refractivity contribution in [3.05, 3.63) is 42.5 Å². The minimum Gasteiger partial charge on any atom is -0.484 e. The van der Waals surface area contributed by atoms with Crippen LogP contribution in [-0.4, -0.2) is 28.5 Å². The lowest BCUT2D eigenvalue weighted by Crippen LogP contribution is -2.20. The summed E-state index contributed by atoms with van der Waals surface area (Å²) < 4.78 is 6.42. The zero-order chi connectivity index (χ0) is 16.8. The molecule has 0 aliphatic carbocycles. The first-order valence-electron chi connectivity index (χ1n) is 7.62. The summed E-state index contributed by atoms with van der Waals surface area (Å²) in [6.07, 6.45) is 1.07. The van der Waals surface area contributed by atoms with Gasteiger partial charge in [0.1, 0.15) is 5.75 Å². The van der Waals surface area contributed by atoms with E-state index in [4.69, 9.17) is 4.74 Å². The Bertz CT molecular complexity index is 835. The predicted octanol–water partition coefficient (Wildman–Crippen LogP) is 4.21. The molecule has 3 aromatic rings. The first kappa shape index (κ1) is 16.7. The van der Waals surface area contributed by atoms with Gasteiger partial charge >= 0.3 is 0 Å². The molecule has 7 heteroatoms. The van der Waals surface area contributed by atoms with E-state index >= 15 is 0 Å². The Hall–Kier alpha value is -2.12. The average Bonchev–Trinajstić information content (AvgIpc) is 3.05. The van der Waals surface area contributed by atoms with E-state index in [9.17, 15) is 4.79 Å². The van der Waals surface area contributed by atoms with Crippen molar-refractivity contribution in [3.63, 3.8) is 0 Å². The van der Waals surface area contributed by atoms with Crippen LogP contribution in [0.5, 0.6) is 5.75 Å². The van der Waals surface area contributed by atoms with Gasteiger partial charge in [-0.1, -0.05) is 60.4 Å². The third-order valence-electron chi connectivity index (χ3n) is 3.17. The Morgan fingerprint density at radius 2 is 2.04 bits per heavy atom. The summed E-state index contributed by atoms with van der Waals surface area (Å²) in [5.41, 5.74) is 0. The van der Waals surface area contributed by atoms with Gasteiger partial charge in [-0.3, -0.25) is 10.1 Å². The van der Waals surface area contributed by atoms with Crippen LogP contribution in [0.4, 0.5) is 5.13 Å². The van der Waals surface area contributed by atoms with Crippen LogP contribution in [0.25, 0.3) is 10.8 Å². The number of thioether (sulfide) groups is 1. The van der Waals surface area contributed by atoms with Gasteiger partial charge in [-0.25, -0.2) is 0 Å². The Labute approximate surface area is 148 Å². The molecule has 0 unspecified atom stereocenters. The lowest BCUT2D eigenvalue weighted by Gasteiger charge is -2.06. The van der Waals surface area contributed by atoms with Gasteiger partial charge in [-0.15, -0.1) is 10.2 Å². The second kappa shape index (κ2) is 8.12. The standard InChI is InChI=1S/C17H17N3O2S2/c1-2-9-23-17-20-19-16(24-17)18-15(21)11-22-14-8-7-12-5-3-4-6-13(12)10-14/h3-8,10H,2,9,11H2,1H3,(H,18,19,21). The number of rotatable bonds is 7. The number of aromatic nitrogens is 2. The predicted molar refractivity (Wildman–Crippen MR) is 99.0 cm³/mol. The monoisotopic (exact) mass is 359 g/mol. The molecule has 1 amide bonds. The molecule has 124 valence electrons. The first-order valence-corrected chi connectivity index (χ1v) is 9.42. The molecular weight excluding hydrogens is 342 g/mol. The smallest absolute Gasteiger partial charge is 0.264 e. The quantitative estimate of drug-likeness (QED) is 0.506. The van der Waals surface area contributed by atoms with Crippen molar-refractivity contribution in [3.8, 4) is 5.75 Å². The van der Waals surface area contributed by atoms with Crippen molar-refractivity contribution < 1.29 is 9.53 Å². The van der Waals surface area contributed by atoms with Crippen molar-refractivity contribution in [2.75, 3.05) is 17.7 Å². The van der Waals surface area contributed by atoms with Gasteiger partial charge in [0, 0.05) is 5.75 Å². The molecule has 0 aliphatic heterocycles. The molecule has 24 heavy (non-hydrogen) atoms. The van der Waals surface area contributed by atoms with Crippen LogP contribution in [0.3, 0.4) is 0 Å². The maximum Gasteiger partial charge on any atom is 0.264 e. The van der Waals surface area contributed by atoms with E-state index in [1.54, 1.807) is 11.8 Å². The molecule has 0 bridgehead atoms. The number of hydrogen-bond donors (Lipinski definition) is 1. The number of anilines is 1. The average molecular weight is 359 g/mol. The second-order valence-corrected chi connectivity index (χ2v) is 7.39. The highest BCUT2D eigenvalue weighted by molar-refractivity contribution is 8.01. The maximum atomic E-state index is 12.0. The number of carbonyl (C=O) groups excluding carboxylic acids is 1. The molecule has 0 fully saturated rings. The number of amides is 1. The molecule has 0 saturated heterocycles. The highest BCUT2D eigenvalue weighted by atomic mass is 32.2. The second-order valence-electron chi connectivity index (χ2n) is 5.07. The van der Waals surface area contributed by atoms with Gasteiger partial charge in [0.25, 0.3) is 5.91 Å². The van der Waals surface area contributed by atoms with Crippen LogP contribution in [0.15, 0.2) is 46.8 Å². The third kappa shape index (κ3) is 4.46. The fourth-order valence-electron chi connectivity index (χ4n) is 2.07. The molecule has 5 nitrogen and oxygen atoms in total. The van der Waals surface area contributed by atoms with Gasteiger partial charge in [0.15, 0.2) is 10.9 Å². The molecule has 0 spiro atoms. The van der Waals surface area contributed by atoms with E-state index in [0.717, 1.165) is 27.3 Å². The number of fused-ring (bicyclic) bond motifs is 1. The lowest BCUT2D eigenvalue weighted by molar-refractivity contribution is -0.118.